The van der Waals surface area contributed by atoms with E-state index in [0.29, 0.717) is 23.1 Å². The van der Waals surface area contributed by atoms with Crippen LogP contribution in [0.1, 0.15) is 58.8 Å². The molecule has 0 spiro atoms. The van der Waals surface area contributed by atoms with E-state index in [1.165, 1.54) is 29.8 Å². The first-order chi connectivity index (χ1) is 23.3. The van der Waals surface area contributed by atoms with Crippen LogP contribution in [-0.4, -0.2) is 54.4 Å². The normalized spacial score (nSPS) is 14.2. The van der Waals surface area contributed by atoms with Crippen molar-refractivity contribution in [1.29, 1.82) is 0 Å². The van der Waals surface area contributed by atoms with Gasteiger partial charge in [-0.3, -0.25) is 9.59 Å². The van der Waals surface area contributed by atoms with E-state index >= 15 is 0 Å². The lowest BCUT2D eigenvalue weighted by atomic mass is 9.71. The number of amides is 2. The van der Waals surface area contributed by atoms with Gasteiger partial charge in [-0.05, 0) is 116 Å². The number of aromatic nitrogens is 1. The number of benzene rings is 4. The van der Waals surface area contributed by atoms with E-state index in [4.69, 9.17) is 11.6 Å². The van der Waals surface area contributed by atoms with E-state index in [0.717, 1.165) is 60.9 Å². The molecule has 0 atom stereocenters. The lowest BCUT2D eigenvalue weighted by Gasteiger charge is -2.37. The SMILES string of the molecule is O=C(CNC(=O)c1cc2cc(Cl)ccc2[nH]1)NCC(CCCN1CCC(c2ccccc2)CC1)(c1ccc(F)cc1)c1ccc(F)cc1. The van der Waals surface area contributed by atoms with Crippen LogP contribution in [0.25, 0.3) is 10.9 Å². The molecular formula is C39H39ClF2N4O2. The van der Waals surface area contributed by atoms with Gasteiger partial charge in [0, 0.05) is 27.9 Å². The molecule has 1 fully saturated rings. The molecular weight excluding hydrogens is 630 g/mol. The summed E-state index contributed by atoms with van der Waals surface area (Å²) in [6.07, 6.45) is 3.63. The summed E-state index contributed by atoms with van der Waals surface area (Å²) < 4.78 is 28.2. The number of fused-ring (bicyclic) bond motifs is 1. The first kappa shape index (κ1) is 33.4. The van der Waals surface area contributed by atoms with Crippen LogP contribution in [0.3, 0.4) is 0 Å². The Morgan fingerprint density at radius 1 is 0.833 bits per heavy atom. The van der Waals surface area contributed by atoms with Crippen LogP contribution in [0.4, 0.5) is 8.78 Å². The summed E-state index contributed by atoms with van der Waals surface area (Å²) in [5.74, 6) is -0.959. The molecule has 0 aliphatic carbocycles. The minimum absolute atomic E-state index is 0.180. The first-order valence-electron chi connectivity index (χ1n) is 16.4. The average molecular weight is 669 g/mol. The molecule has 9 heteroatoms. The number of carbonyl (C=O) groups is 2. The number of nitrogens with one attached hydrogen (secondary N) is 3. The van der Waals surface area contributed by atoms with E-state index < -0.39 is 11.3 Å². The Balaban J connectivity index is 1.14. The Hall–Kier alpha value is -4.53. The Morgan fingerprint density at radius 3 is 2.12 bits per heavy atom. The van der Waals surface area contributed by atoms with Gasteiger partial charge in [-0.1, -0.05) is 66.2 Å². The molecule has 6 nitrogen and oxygen atoms in total. The van der Waals surface area contributed by atoms with Crippen LogP contribution in [0.15, 0.2) is 103 Å². The highest BCUT2D eigenvalue weighted by Gasteiger charge is 2.35. The van der Waals surface area contributed by atoms with Crippen molar-refractivity contribution in [2.75, 3.05) is 32.7 Å². The third-order valence-corrected chi connectivity index (χ3v) is 9.79. The zero-order valence-electron chi connectivity index (χ0n) is 26.7. The van der Waals surface area contributed by atoms with Crippen LogP contribution in [-0.2, 0) is 10.2 Å². The van der Waals surface area contributed by atoms with Crippen molar-refractivity contribution in [1.82, 2.24) is 20.5 Å². The zero-order chi connectivity index (χ0) is 33.5. The molecule has 248 valence electrons. The predicted octanol–water partition coefficient (Wildman–Crippen LogP) is 7.59. The molecule has 1 aliphatic rings. The van der Waals surface area contributed by atoms with Gasteiger partial charge in [0.1, 0.15) is 17.3 Å². The van der Waals surface area contributed by atoms with Gasteiger partial charge in [-0.15, -0.1) is 0 Å². The Bertz CT molecular complexity index is 1790. The van der Waals surface area contributed by atoms with Crippen molar-refractivity contribution < 1.29 is 18.4 Å². The van der Waals surface area contributed by atoms with Crippen molar-refractivity contribution in [3.63, 3.8) is 0 Å². The van der Waals surface area contributed by atoms with Gasteiger partial charge in [-0.2, -0.15) is 0 Å². The summed E-state index contributed by atoms with van der Waals surface area (Å²) in [6.45, 7) is 2.80. The minimum Gasteiger partial charge on any atom is -0.353 e. The Labute approximate surface area is 284 Å². The van der Waals surface area contributed by atoms with E-state index in [9.17, 15) is 18.4 Å². The summed E-state index contributed by atoms with van der Waals surface area (Å²) in [7, 11) is 0. The largest absolute Gasteiger partial charge is 0.353 e. The summed E-state index contributed by atoms with van der Waals surface area (Å²) in [4.78, 5) is 31.6. The lowest BCUT2D eigenvalue weighted by Crippen LogP contribution is -2.45. The zero-order valence-corrected chi connectivity index (χ0v) is 27.4. The van der Waals surface area contributed by atoms with Crippen molar-refractivity contribution >= 4 is 34.3 Å². The number of aromatic amines is 1. The van der Waals surface area contributed by atoms with Crippen LogP contribution in [0.2, 0.25) is 5.02 Å². The molecule has 6 rings (SSSR count). The Kier molecular flexibility index (Phi) is 10.5. The minimum atomic E-state index is -0.764. The second-order valence-electron chi connectivity index (χ2n) is 12.6. The number of H-pyrrole nitrogens is 1. The van der Waals surface area contributed by atoms with Gasteiger partial charge in [0.05, 0.1) is 6.54 Å². The highest BCUT2D eigenvalue weighted by molar-refractivity contribution is 6.31. The van der Waals surface area contributed by atoms with Gasteiger partial charge in [0.15, 0.2) is 0 Å². The Morgan fingerprint density at radius 2 is 1.48 bits per heavy atom. The molecule has 4 aromatic carbocycles. The maximum Gasteiger partial charge on any atom is 0.268 e. The van der Waals surface area contributed by atoms with Gasteiger partial charge >= 0.3 is 0 Å². The average Bonchev–Trinajstić information content (AvgIpc) is 3.54. The number of halogens is 3. The molecule has 0 saturated carbocycles. The van der Waals surface area contributed by atoms with Crippen molar-refractivity contribution in [3.05, 3.63) is 142 Å². The van der Waals surface area contributed by atoms with Gasteiger partial charge in [0.2, 0.25) is 5.91 Å². The standard InChI is InChI=1S/C39H39ClF2N4O2/c40-32-11-16-35-29(23-32)24-36(45-35)38(48)43-25-37(47)44-26-39(30-7-12-33(41)13-8-30,31-9-14-34(42)15-10-31)19-4-20-46-21-17-28(18-22-46)27-5-2-1-3-6-27/h1-3,5-16,23-24,28,45H,4,17-22,25-26H2,(H,43,48)(H,44,47). The highest BCUT2D eigenvalue weighted by atomic mass is 35.5. The molecule has 0 unspecified atom stereocenters. The summed E-state index contributed by atoms with van der Waals surface area (Å²) >= 11 is 6.08. The van der Waals surface area contributed by atoms with Gasteiger partial charge in [-0.25, -0.2) is 8.78 Å². The van der Waals surface area contributed by atoms with E-state index in [1.807, 2.05) is 6.07 Å². The van der Waals surface area contributed by atoms with E-state index in [2.05, 4.69) is 44.8 Å². The van der Waals surface area contributed by atoms with E-state index in [-0.39, 0.29) is 30.6 Å². The second kappa shape index (κ2) is 15.1. The number of likely N-dealkylation sites (tertiary alicyclic amines) is 1. The van der Waals surface area contributed by atoms with Crippen LogP contribution in [0.5, 0.6) is 0 Å². The number of hydrogen-bond acceptors (Lipinski definition) is 3. The maximum atomic E-state index is 14.1. The topological polar surface area (TPSA) is 77.2 Å². The number of rotatable bonds is 12. The quantitative estimate of drug-likeness (QED) is 0.128. The monoisotopic (exact) mass is 668 g/mol. The van der Waals surface area contributed by atoms with Crippen molar-refractivity contribution in [2.45, 2.75) is 37.0 Å². The van der Waals surface area contributed by atoms with Crippen molar-refractivity contribution in [2.24, 2.45) is 0 Å². The fraction of sp³-hybridized carbons (Fsp3) is 0.282. The number of nitrogens with zero attached hydrogens (tertiary/aromatic N) is 1. The van der Waals surface area contributed by atoms with Crippen molar-refractivity contribution in [3.8, 4) is 0 Å². The third kappa shape index (κ3) is 7.94. The molecule has 1 aliphatic heterocycles. The second-order valence-corrected chi connectivity index (χ2v) is 13.0. The lowest BCUT2D eigenvalue weighted by molar-refractivity contribution is -0.120. The van der Waals surface area contributed by atoms with Gasteiger partial charge < -0.3 is 20.5 Å². The fourth-order valence-corrected chi connectivity index (χ4v) is 7.08. The predicted molar refractivity (Wildman–Crippen MR) is 186 cm³/mol. The molecule has 5 aromatic rings. The smallest absolute Gasteiger partial charge is 0.268 e. The van der Waals surface area contributed by atoms with Crippen LogP contribution >= 0.6 is 11.6 Å². The molecule has 3 N–H and O–H groups in total. The summed E-state index contributed by atoms with van der Waals surface area (Å²) in [6, 6.07) is 30.2. The van der Waals surface area contributed by atoms with Gasteiger partial charge in [0.25, 0.3) is 5.91 Å². The number of hydrogen-bond donors (Lipinski definition) is 3. The molecule has 2 amide bonds. The first-order valence-corrected chi connectivity index (χ1v) is 16.8. The number of piperidine rings is 1. The third-order valence-electron chi connectivity index (χ3n) is 9.55. The van der Waals surface area contributed by atoms with E-state index in [1.54, 1.807) is 48.5 Å². The highest BCUT2D eigenvalue weighted by Crippen LogP contribution is 2.37. The molecule has 0 radical (unpaired) electrons. The summed E-state index contributed by atoms with van der Waals surface area (Å²) in [5.41, 5.74) is 3.35. The van der Waals surface area contributed by atoms with Crippen LogP contribution < -0.4 is 10.6 Å². The fourth-order valence-electron chi connectivity index (χ4n) is 6.90. The number of carbonyl (C=O) groups excluding carboxylic acids is 2. The molecule has 2 heterocycles. The molecule has 48 heavy (non-hydrogen) atoms. The molecule has 1 aromatic heterocycles. The molecule has 1 saturated heterocycles. The van der Waals surface area contributed by atoms with Crippen LogP contribution in [0, 0.1) is 11.6 Å². The summed E-state index contributed by atoms with van der Waals surface area (Å²) in [5, 5.41) is 7.06. The molecule has 0 bridgehead atoms. The maximum absolute atomic E-state index is 14.1.